The second-order valence-corrected chi connectivity index (χ2v) is 5.32. The lowest BCUT2D eigenvalue weighted by atomic mass is 10.2. The maximum atomic E-state index is 12.0. The Hall–Kier alpha value is -2.08. The van der Waals surface area contributed by atoms with E-state index in [0.717, 1.165) is 11.3 Å². The Balaban J connectivity index is 2.51. The third-order valence-electron chi connectivity index (χ3n) is 3.14. The van der Waals surface area contributed by atoms with Crippen molar-refractivity contribution in [3.63, 3.8) is 0 Å². The third kappa shape index (κ3) is 6.58. The fourth-order valence-electron chi connectivity index (χ4n) is 1.97. The Labute approximate surface area is 131 Å². The maximum absolute atomic E-state index is 12.0. The van der Waals surface area contributed by atoms with Crippen molar-refractivity contribution in [3.05, 3.63) is 29.8 Å². The van der Waals surface area contributed by atoms with Gasteiger partial charge in [0.05, 0.1) is 19.7 Å². The minimum absolute atomic E-state index is 0.0690. The molecule has 1 rings (SSSR count). The largest absolute Gasteiger partial charge is 0.494 e. The summed E-state index contributed by atoms with van der Waals surface area (Å²) in [4.78, 5) is 24.7. The van der Waals surface area contributed by atoms with Crippen LogP contribution in [0.15, 0.2) is 24.3 Å². The fourth-order valence-corrected chi connectivity index (χ4v) is 1.97. The van der Waals surface area contributed by atoms with Crippen LogP contribution in [0.3, 0.4) is 0 Å². The number of nitrogens with one attached hydrogen (secondary N) is 1. The summed E-state index contributed by atoms with van der Waals surface area (Å²) in [5.74, 6) is 0.203. The third-order valence-corrected chi connectivity index (χ3v) is 3.14. The number of amides is 2. The van der Waals surface area contributed by atoms with Crippen LogP contribution in [0, 0.1) is 0 Å². The molecule has 1 aromatic rings. The van der Waals surface area contributed by atoms with Gasteiger partial charge in [-0.3, -0.25) is 14.5 Å². The van der Waals surface area contributed by atoms with Crippen molar-refractivity contribution in [2.45, 2.75) is 33.4 Å². The van der Waals surface area contributed by atoms with Crippen LogP contribution < -0.4 is 15.8 Å². The lowest BCUT2D eigenvalue weighted by Gasteiger charge is -2.24. The fraction of sp³-hybridized carbons (Fsp3) is 0.500. The zero-order valence-corrected chi connectivity index (χ0v) is 13.5. The molecule has 0 aliphatic carbocycles. The first-order valence-electron chi connectivity index (χ1n) is 7.43. The molecule has 6 nitrogen and oxygen atoms in total. The van der Waals surface area contributed by atoms with Crippen molar-refractivity contribution in [2.75, 3.05) is 19.7 Å². The standard InChI is InChI=1S/C16H25N3O3/c1-4-22-14-7-5-6-13(8-14)9-18-16(21)11-19(12(2)3)10-15(17)20/h5-8,12H,4,9-11H2,1-3H3,(H2,17,20)(H,18,21). The molecule has 0 saturated heterocycles. The first-order chi connectivity index (χ1) is 10.4. The monoisotopic (exact) mass is 307 g/mol. The number of nitrogens with two attached hydrogens (primary N) is 1. The molecular weight excluding hydrogens is 282 g/mol. The van der Waals surface area contributed by atoms with Crippen LogP contribution in [0.2, 0.25) is 0 Å². The van der Waals surface area contributed by atoms with Gasteiger partial charge in [-0.1, -0.05) is 12.1 Å². The molecule has 0 saturated carbocycles. The molecule has 0 aromatic heterocycles. The highest BCUT2D eigenvalue weighted by molar-refractivity contribution is 5.80. The van der Waals surface area contributed by atoms with Gasteiger partial charge in [0.1, 0.15) is 5.75 Å². The Morgan fingerprint density at radius 2 is 2.05 bits per heavy atom. The quantitative estimate of drug-likeness (QED) is 0.710. The molecule has 0 radical (unpaired) electrons. The number of nitrogens with zero attached hydrogens (tertiary/aromatic N) is 1. The highest BCUT2D eigenvalue weighted by Crippen LogP contribution is 2.12. The van der Waals surface area contributed by atoms with E-state index in [-0.39, 0.29) is 25.0 Å². The molecule has 22 heavy (non-hydrogen) atoms. The first kappa shape index (κ1) is 18.0. The van der Waals surface area contributed by atoms with Crippen molar-refractivity contribution < 1.29 is 14.3 Å². The van der Waals surface area contributed by atoms with Crippen LogP contribution >= 0.6 is 0 Å². The molecule has 0 spiro atoms. The summed E-state index contributed by atoms with van der Waals surface area (Å²) >= 11 is 0. The number of rotatable bonds is 9. The summed E-state index contributed by atoms with van der Waals surface area (Å²) in [6.07, 6.45) is 0. The number of carbonyl (C=O) groups is 2. The van der Waals surface area contributed by atoms with Crippen LogP contribution in [-0.2, 0) is 16.1 Å². The molecule has 3 N–H and O–H groups in total. The average molecular weight is 307 g/mol. The predicted octanol–water partition coefficient (Wildman–Crippen LogP) is 0.897. The highest BCUT2D eigenvalue weighted by atomic mass is 16.5. The van der Waals surface area contributed by atoms with Gasteiger partial charge in [0.15, 0.2) is 0 Å². The SMILES string of the molecule is CCOc1cccc(CNC(=O)CN(CC(N)=O)C(C)C)c1. The molecule has 6 heteroatoms. The van der Waals surface area contributed by atoms with Crippen molar-refractivity contribution in [3.8, 4) is 5.75 Å². The van der Waals surface area contributed by atoms with Crippen molar-refractivity contribution in [1.82, 2.24) is 10.2 Å². The van der Waals surface area contributed by atoms with E-state index < -0.39 is 5.91 Å². The molecule has 0 heterocycles. The smallest absolute Gasteiger partial charge is 0.234 e. The van der Waals surface area contributed by atoms with Gasteiger partial charge in [-0.05, 0) is 38.5 Å². The lowest BCUT2D eigenvalue weighted by Crippen LogP contribution is -2.44. The Bertz CT molecular complexity index is 503. The van der Waals surface area contributed by atoms with E-state index in [0.29, 0.717) is 13.2 Å². The number of hydrogen-bond donors (Lipinski definition) is 2. The van der Waals surface area contributed by atoms with Crippen molar-refractivity contribution in [2.24, 2.45) is 5.73 Å². The molecule has 0 bridgehead atoms. The molecule has 0 atom stereocenters. The van der Waals surface area contributed by atoms with Crippen LogP contribution in [0.4, 0.5) is 0 Å². The van der Waals surface area contributed by atoms with E-state index in [2.05, 4.69) is 5.32 Å². The van der Waals surface area contributed by atoms with E-state index >= 15 is 0 Å². The van der Waals surface area contributed by atoms with Gasteiger partial charge < -0.3 is 15.8 Å². The summed E-state index contributed by atoms with van der Waals surface area (Å²) in [5, 5.41) is 2.84. The van der Waals surface area contributed by atoms with Crippen LogP contribution in [0.25, 0.3) is 0 Å². The molecule has 0 unspecified atom stereocenters. The lowest BCUT2D eigenvalue weighted by molar-refractivity contribution is -0.124. The highest BCUT2D eigenvalue weighted by Gasteiger charge is 2.15. The van der Waals surface area contributed by atoms with E-state index in [1.165, 1.54) is 0 Å². The number of primary amides is 1. The van der Waals surface area contributed by atoms with Crippen molar-refractivity contribution in [1.29, 1.82) is 0 Å². The Morgan fingerprint density at radius 3 is 2.64 bits per heavy atom. The van der Waals surface area contributed by atoms with Crippen LogP contribution in [0.1, 0.15) is 26.3 Å². The molecule has 1 aromatic carbocycles. The van der Waals surface area contributed by atoms with E-state index in [4.69, 9.17) is 10.5 Å². The number of carbonyl (C=O) groups excluding carboxylic acids is 2. The van der Waals surface area contributed by atoms with Crippen LogP contribution in [0.5, 0.6) is 5.75 Å². The predicted molar refractivity (Wildman–Crippen MR) is 85.4 cm³/mol. The van der Waals surface area contributed by atoms with E-state index in [9.17, 15) is 9.59 Å². The number of hydrogen-bond acceptors (Lipinski definition) is 4. The second-order valence-electron chi connectivity index (χ2n) is 5.32. The molecular formula is C16H25N3O3. The van der Waals surface area contributed by atoms with Gasteiger partial charge in [0.25, 0.3) is 0 Å². The van der Waals surface area contributed by atoms with Gasteiger partial charge in [-0.15, -0.1) is 0 Å². The second kappa shape index (κ2) is 9.04. The summed E-state index contributed by atoms with van der Waals surface area (Å²) in [6.45, 7) is 7.00. The molecule has 2 amide bonds. The van der Waals surface area contributed by atoms with Gasteiger partial charge in [-0.25, -0.2) is 0 Å². The van der Waals surface area contributed by atoms with Crippen molar-refractivity contribution >= 4 is 11.8 Å². The number of benzene rings is 1. The van der Waals surface area contributed by atoms with E-state index in [1.54, 1.807) is 4.90 Å². The van der Waals surface area contributed by atoms with Gasteiger partial charge >= 0.3 is 0 Å². The summed E-state index contributed by atoms with van der Waals surface area (Å²) in [6, 6.07) is 7.65. The first-order valence-corrected chi connectivity index (χ1v) is 7.43. The van der Waals surface area contributed by atoms with Gasteiger partial charge in [-0.2, -0.15) is 0 Å². The molecule has 0 aliphatic rings. The Kier molecular flexibility index (Phi) is 7.39. The minimum atomic E-state index is -0.439. The average Bonchev–Trinajstić information content (AvgIpc) is 2.44. The number of ether oxygens (including phenoxy) is 1. The summed E-state index contributed by atoms with van der Waals surface area (Å²) in [5.41, 5.74) is 6.15. The topological polar surface area (TPSA) is 84.7 Å². The normalized spacial score (nSPS) is 10.8. The molecule has 0 aliphatic heterocycles. The minimum Gasteiger partial charge on any atom is -0.494 e. The zero-order chi connectivity index (χ0) is 16.5. The van der Waals surface area contributed by atoms with E-state index in [1.807, 2.05) is 45.0 Å². The summed E-state index contributed by atoms with van der Waals surface area (Å²) in [7, 11) is 0. The molecule has 0 fully saturated rings. The van der Waals surface area contributed by atoms with Gasteiger partial charge in [0.2, 0.25) is 11.8 Å². The maximum Gasteiger partial charge on any atom is 0.234 e. The zero-order valence-electron chi connectivity index (χ0n) is 13.5. The molecule has 122 valence electrons. The van der Waals surface area contributed by atoms with Crippen LogP contribution in [-0.4, -0.2) is 42.5 Å². The summed E-state index contributed by atoms with van der Waals surface area (Å²) < 4.78 is 5.42. The Morgan fingerprint density at radius 1 is 1.32 bits per heavy atom. The van der Waals surface area contributed by atoms with Gasteiger partial charge in [0, 0.05) is 12.6 Å².